The molecule has 0 radical (unpaired) electrons. The van der Waals surface area contributed by atoms with Crippen LogP contribution in [0.2, 0.25) is 0 Å². The Balaban J connectivity index is 1.57. The molecule has 2 aliphatic rings. The van der Waals surface area contributed by atoms with E-state index in [1.165, 1.54) is 25.0 Å². The first kappa shape index (κ1) is 12.2. The number of aromatic carboxylic acids is 1. The van der Waals surface area contributed by atoms with Gasteiger partial charge in [-0.2, -0.15) is 0 Å². The minimum Gasteiger partial charge on any atom is -0.475 e. The molecule has 1 aromatic rings. The Hall–Kier alpha value is -1.82. The zero-order valence-corrected chi connectivity index (χ0v) is 10.5. The molecule has 19 heavy (non-hydrogen) atoms. The van der Waals surface area contributed by atoms with Crippen LogP contribution in [0.3, 0.4) is 0 Å². The Labute approximate surface area is 110 Å². The topological polar surface area (TPSA) is 82.8 Å². The van der Waals surface area contributed by atoms with Crippen molar-refractivity contribution in [2.24, 2.45) is 0 Å². The summed E-state index contributed by atoms with van der Waals surface area (Å²) in [5, 5.41) is 11.6. The van der Waals surface area contributed by atoms with E-state index in [0.717, 1.165) is 19.5 Å². The van der Waals surface area contributed by atoms with E-state index < -0.39 is 5.97 Å². The normalized spacial score (nSPS) is 23.5. The van der Waals surface area contributed by atoms with Crippen LogP contribution in [-0.2, 0) is 0 Å². The van der Waals surface area contributed by atoms with E-state index in [0.29, 0.717) is 6.04 Å². The molecular formula is C13H16N2O4. The van der Waals surface area contributed by atoms with E-state index in [1.807, 2.05) is 0 Å². The molecule has 2 heterocycles. The average molecular weight is 264 g/mol. The maximum Gasteiger partial charge on any atom is 0.371 e. The highest BCUT2D eigenvalue weighted by molar-refractivity contribution is 5.93. The fraction of sp³-hybridized carbons (Fsp3) is 0.538. The van der Waals surface area contributed by atoms with Gasteiger partial charge in [-0.25, -0.2) is 4.79 Å². The van der Waals surface area contributed by atoms with Gasteiger partial charge in [0.15, 0.2) is 5.76 Å². The van der Waals surface area contributed by atoms with E-state index >= 15 is 0 Å². The molecule has 1 saturated heterocycles. The fourth-order valence-corrected chi connectivity index (χ4v) is 2.51. The zero-order chi connectivity index (χ0) is 13.4. The van der Waals surface area contributed by atoms with Crippen LogP contribution in [0, 0.1) is 0 Å². The van der Waals surface area contributed by atoms with Gasteiger partial charge in [0.25, 0.3) is 5.91 Å². The molecular weight excluding hydrogens is 248 g/mol. The van der Waals surface area contributed by atoms with Crippen LogP contribution in [0.1, 0.15) is 40.4 Å². The summed E-state index contributed by atoms with van der Waals surface area (Å²) in [5.41, 5.74) is 0. The number of hydrogen-bond acceptors (Lipinski definition) is 4. The summed E-state index contributed by atoms with van der Waals surface area (Å²) >= 11 is 0. The second-order valence-electron chi connectivity index (χ2n) is 5.15. The van der Waals surface area contributed by atoms with Crippen molar-refractivity contribution in [3.63, 3.8) is 0 Å². The van der Waals surface area contributed by atoms with Crippen LogP contribution in [0.5, 0.6) is 0 Å². The number of carbonyl (C=O) groups excluding carboxylic acids is 1. The number of likely N-dealkylation sites (tertiary alicyclic amines) is 1. The van der Waals surface area contributed by atoms with Crippen molar-refractivity contribution in [2.45, 2.75) is 31.3 Å². The Morgan fingerprint density at radius 1 is 1.26 bits per heavy atom. The highest BCUT2D eigenvalue weighted by Crippen LogP contribution is 2.29. The monoisotopic (exact) mass is 264 g/mol. The lowest BCUT2D eigenvalue weighted by Gasteiger charge is -2.15. The number of amides is 1. The van der Waals surface area contributed by atoms with Gasteiger partial charge < -0.3 is 14.8 Å². The lowest BCUT2D eigenvalue weighted by atomic mass is 10.2. The zero-order valence-electron chi connectivity index (χ0n) is 10.5. The molecule has 0 aromatic carbocycles. The SMILES string of the molecule is O=C(O)c1ccc(C(=O)NC2CCN(C3CC3)C2)o1. The number of hydrogen-bond donors (Lipinski definition) is 2. The van der Waals surface area contributed by atoms with Crippen molar-refractivity contribution in [1.82, 2.24) is 10.2 Å². The molecule has 1 saturated carbocycles. The number of carboxylic acids is 1. The first-order chi connectivity index (χ1) is 9.13. The standard InChI is InChI=1S/C13H16N2O4/c16-12(10-3-4-11(19-10)13(17)18)14-8-5-6-15(7-8)9-1-2-9/h3-4,8-9H,1-2,5-7H2,(H,14,16)(H,17,18). The number of carboxylic acid groups (broad SMARTS) is 1. The van der Waals surface area contributed by atoms with Gasteiger partial charge >= 0.3 is 5.97 Å². The number of nitrogens with zero attached hydrogens (tertiary/aromatic N) is 1. The van der Waals surface area contributed by atoms with Gasteiger partial charge in [0.1, 0.15) is 0 Å². The van der Waals surface area contributed by atoms with Gasteiger partial charge in [-0.05, 0) is 31.4 Å². The summed E-state index contributed by atoms with van der Waals surface area (Å²) in [6, 6.07) is 3.53. The van der Waals surface area contributed by atoms with E-state index in [9.17, 15) is 9.59 Å². The third kappa shape index (κ3) is 2.63. The minimum absolute atomic E-state index is 0.0577. The Kier molecular flexibility index (Phi) is 3.02. The summed E-state index contributed by atoms with van der Waals surface area (Å²) in [7, 11) is 0. The molecule has 2 N–H and O–H groups in total. The maximum atomic E-state index is 11.9. The van der Waals surface area contributed by atoms with Crippen molar-refractivity contribution >= 4 is 11.9 Å². The van der Waals surface area contributed by atoms with Crippen LogP contribution >= 0.6 is 0 Å². The van der Waals surface area contributed by atoms with Crippen LogP contribution in [0.25, 0.3) is 0 Å². The number of furan rings is 1. The van der Waals surface area contributed by atoms with Gasteiger partial charge in [-0.1, -0.05) is 0 Å². The average Bonchev–Trinajstić information content (AvgIpc) is 2.92. The number of rotatable bonds is 4. The first-order valence-electron chi connectivity index (χ1n) is 6.51. The predicted octanol–water partition coefficient (Wildman–Crippen LogP) is 0.944. The molecule has 1 aromatic heterocycles. The molecule has 1 amide bonds. The smallest absolute Gasteiger partial charge is 0.371 e. The Morgan fingerprint density at radius 2 is 2.00 bits per heavy atom. The Morgan fingerprint density at radius 3 is 2.63 bits per heavy atom. The maximum absolute atomic E-state index is 11.9. The Bertz CT molecular complexity index is 506. The summed E-state index contributed by atoms with van der Waals surface area (Å²) in [5.74, 6) is -1.66. The van der Waals surface area contributed by atoms with E-state index in [-0.39, 0.29) is 23.5 Å². The fourth-order valence-electron chi connectivity index (χ4n) is 2.51. The lowest BCUT2D eigenvalue weighted by molar-refractivity contribution is 0.0659. The molecule has 1 unspecified atom stereocenters. The van der Waals surface area contributed by atoms with Crippen molar-refractivity contribution in [3.05, 3.63) is 23.7 Å². The van der Waals surface area contributed by atoms with Gasteiger partial charge in [0.05, 0.1) is 0 Å². The molecule has 6 nitrogen and oxygen atoms in total. The predicted molar refractivity (Wildman–Crippen MR) is 66.1 cm³/mol. The van der Waals surface area contributed by atoms with Crippen molar-refractivity contribution in [1.29, 1.82) is 0 Å². The van der Waals surface area contributed by atoms with Gasteiger partial charge in [-0.3, -0.25) is 9.69 Å². The summed E-state index contributed by atoms with van der Waals surface area (Å²) in [6.07, 6.45) is 3.47. The molecule has 2 fully saturated rings. The number of carbonyl (C=O) groups is 2. The molecule has 1 aliphatic carbocycles. The van der Waals surface area contributed by atoms with Crippen molar-refractivity contribution in [2.75, 3.05) is 13.1 Å². The minimum atomic E-state index is -1.17. The van der Waals surface area contributed by atoms with Crippen molar-refractivity contribution < 1.29 is 19.1 Å². The second kappa shape index (κ2) is 4.70. The molecule has 3 rings (SSSR count). The third-order valence-corrected chi connectivity index (χ3v) is 3.66. The third-order valence-electron chi connectivity index (χ3n) is 3.66. The molecule has 1 aliphatic heterocycles. The van der Waals surface area contributed by atoms with Crippen molar-refractivity contribution in [3.8, 4) is 0 Å². The van der Waals surface area contributed by atoms with Gasteiger partial charge in [0, 0.05) is 25.2 Å². The van der Waals surface area contributed by atoms with Crippen LogP contribution in [-0.4, -0.2) is 47.1 Å². The lowest BCUT2D eigenvalue weighted by Crippen LogP contribution is -2.37. The quantitative estimate of drug-likeness (QED) is 0.845. The summed E-state index contributed by atoms with van der Waals surface area (Å²) < 4.78 is 4.98. The van der Waals surface area contributed by atoms with Crippen LogP contribution in [0.15, 0.2) is 16.5 Å². The summed E-state index contributed by atoms with van der Waals surface area (Å²) in [4.78, 5) is 25.0. The molecule has 6 heteroatoms. The first-order valence-corrected chi connectivity index (χ1v) is 6.51. The van der Waals surface area contributed by atoms with E-state index in [1.54, 1.807) is 0 Å². The van der Waals surface area contributed by atoms with Crippen LogP contribution in [0.4, 0.5) is 0 Å². The second-order valence-corrected chi connectivity index (χ2v) is 5.15. The highest BCUT2D eigenvalue weighted by Gasteiger charge is 2.35. The highest BCUT2D eigenvalue weighted by atomic mass is 16.4. The molecule has 0 bridgehead atoms. The summed E-state index contributed by atoms with van der Waals surface area (Å²) in [6.45, 7) is 1.90. The van der Waals surface area contributed by atoms with Crippen LogP contribution < -0.4 is 5.32 Å². The largest absolute Gasteiger partial charge is 0.475 e. The molecule has 0 spiro atoms. The van der Waals surface area contributed by atoms with Gasteiger partial charge in [-0.15, -0.1) is 0 Å². The van der Waals surface area contributed by atoms with E-state index in [4.69, 9.17) is 9.52 Å². The number of nitrogens with one attached hydrogen (secondary N) is 1. The molecule has 1 atom stereocenters. The van der Waals surface area contributed by atoms with E-state index in [2.05, 4.69) is 10.2 Å². The van der Waals surface area contributed by atoms with Gasteiger partial charge in [0.2, 0.25) is 5.76 Å². The molecule has 102 valence electrons.